The predicted octanol–water partition coefficient (Wildman–Crippen LogP) is 0.463. The zero-order valence-electron chi connectivity index (χ0n) is 8.43. The summed E-state index contributed by atoms with van der Waals surface area (Å²) in [6.07, 6.45) is 4.41. The Morgan fingerprint density at radius 2 is 2.27 bits per heavy atom. The first-order valence-electron chi connectivity index (χ1n) is 4.09. The van der Waals surface area contributed by atoms with Crippen LogP contribution in [0.2, 0.25) is 0 Å². The van der Waals surface area contributed by atoms with E-state index in [-0.39, 0.29) is 11.5 Å². The summed E-state index contributed by atoms with van der Waals surface area (Å²) < 4.78 is 9.18. The fraction of sp³-hybridized carbons (Fsp3) is 0.222. The average molecular weight is 209 g/mol. The Kier molecular flexibility index (Phi) is 3.61. The van der Waals surface area contributed by atoms with Gasteiger partial charge in [0.25, 0.3) is 0 Å². The largest absolute Gasteiger partial charge is 0.504 e. The third-order valence-electron chi connectivity index (χ3n) is 1.57. The summed E-state index contributed by atoms with van der Waals surface area (Å²) in [5, 5.41) is 0. The smallest absolute Gasteiger partial charge is 0.360 e. The van der Waals surface area contributed by atoms with E-state index >= 15 is 0 Å². The minimum absolute atomic E-state index is 0.00654. The normalized spacial score (nSPS) is 10.3. The quantitative estimate of drug-likeness (QED) is 0.574. The third-order valence-corrected chi connectivity index (χ3v) is 1.57. The maximum Gasteiger partial charge on any atom is 0.360 e. The first-order valence-corrected chi connectivity index (χ1v) is 4.09. The molecule has 6 nitrogen and oxygen atoms in total. The number of nitrogen functional groups attached to an aromatic ring is 1. The predicted molar refractivity (Wildman–Crippen MR) is 53.8 cm³/mol. The molecule has 0 amide bonds. The molecule has 0 aliphatic carbocycles. The van der Waals surface area contributed by atoms with E-state index < -0.39 is 5.97 Å². The third kappa shape index (κ3) is 2.67. The Balaban J connectivity index is 2.98. The average Bonchev–Trinajstić information content (AvgIpc) is 2.25. The van der Waals surface area contributed by atoms with Crippen molar-refractivity contribution in [3.05, 3.63) is 23.8 Å². The monoisotopic (exact) mass is 209 g/mol. The Hall–Kier alpha value is -2.11. The van der Waals surface area contributed by atoms with Gasteiger partial charge in [-0.05, 0) is 6.08 Å². The molecule has 0 unspecified atom stereocenters. The van der Waals surface area contributed by atoms with E-state index in [1.165, 1.54) is 26.7 Å². The van der Waals surface area contributed by atoms with Gasteiger partial charge >= 0.3 is 5.97 Å². The first kappa shape index (κ1) is 11.0. The fourth-order valence-electron chi connectivity index (χ4n) is 0.890. The van der Waals surface area contributed by atoms with Crippen LogP contribution in [-0.4, -0.2) is 30.2 Å². The zero-order valence-corrected chi connectivity index (χ0v) is 8.43. The summed E-state index contributed by atoms with van der Waals surface area (Å²) in [5.41, 5.74) is 6.03. The molecule has 0 bridgehead atoms. The number of rotatable bonds is 3. The van der Waals surface area contributed by atoms with Gasteiger partial charge in [-0.25, -0.2) is 14.8 Å². The maximum atomic E-state index is 11.1. The Bertz CT molecular complexity index is 390. The van der Waals surface area contributed by atoms with E-state index in [1.54, 1.807) is 6.08 Å². The molecule has 0 radical (unpaired) electrons. The van der Waals surface area contributed by atoms with Gasteiger partial charge in [-0.2, -0.15) is 0 Å². The van der Waals surface area contributed by atoms with Crippen LogP contribution < -0.4 is 5.73 Å². The van der Waals surface area contributed by atoms with Crippen molar-refractivity contribution < 1.29 is 14.3 Å². The van der Waals surface area contributed by atoms with Crippen molar-refractivity contribution in [2.45, 2.75) is 0 Å². The van der Waals surface area contributed by atoms with Crippen LogP contribution in [0.1, 0.15) is 16.2 Å². The van der Waals surface area contributed by atoms with E-state index in [1.807, 2.05) is 0 Å². The number of carbonyl (C=O) groups excluding carboxylic acids is 1. The van der Waals surface area contributed by atoms with Crippen molar-refractivity contribution in [3.8, 4) is 0 Å². The Labute approximate surface area is 86.7 Å². The van der Waals surface area contributed by atoms with Gasteiger partial charge in [-0.15, -0.1) is 0 Å². The number of nitrogens with zero attached hydrogens (tertiary/aromatic N) is 2. The van der Waals surface area contributed by atoms with E-state index in [2.05, 4.69) is 14.7 Å². The molecule has 6 heteroatoms. The molecule has 0 saturated heterocycles. The van der Waals surface area contributed by atoms with Crippen LogP contribution in [0.5, 0.6) is 0 Å². The molecular weight excluding hydrogens is 198 g/mol. The van der Waals surface area contributed by atoms with E-state index in [9.17, 15) is 4.79 Å². The fourth-order valence-corrected chi connectivity index (χ4v) is 0.890. The van der Waals surface area contributed by atoms with Gasteiger partial charge in [-0.3, -0.25) is 0 Å². The van der Waals surface area contributed by atoms with Crippen molar-refractivity contribution in [2.75, 3.05) is 20.0 Å². The molecule has 1 rings (SSSR count). The Morgan fingerprint density at radius 3 is 2.80 bits per heavy atom. The second-order valence-electron chi connectivity index (χ2n) is 2.56. The number of hydrogen-bond donors (Lipinski definition) is 1. The summed E-state index contributed by atoms with van der Waals surface area (Å²) in [6, 6.07) is 0. The van der Waals surface area contributed by atoms with E-state index in [0.717, 1.165) is 0 Å². The lowest BCUT2D eigenvalue weighted by Gasteiger charge is -2.01. The molecule has 0 spiro atoms. The number of ether oxygens (including phenoxy) is 2. The Morgan fingerprint density at radius 1 is 1.53 bits per heavy atom. The van der Waals surface area contributed by atoms with Gasteiger partial charge in [0.15, 0.2) is 11.5 Å². The SMILES string of the molecule is COC=Cc1cnc(C(=O)OC)c(N)n1. The van der Waals surface area contributed by atoms with Crippen LogP contribution in [0, 0.1) is 0 Å². The minimum atomic E-state index is -0.609. The van der Waals surface area contributed by atoms with Gasteiger partial charge in [0.05, 0.1) is 32.4 Å². The van der Waals surface area contributed by atoms with Crippen molar-refractivity contribution in [2.24, 2.45) is 0 Å². The van der Waals surface area contributed by atoms with E-state index in [4.69, 9.17) is 10.5 Å². The molecule has 0 fully saturated rings. The van der Waals surface area contributed by atoms with Crippen molar-refractivity contribution >= 4 is 17.9 Å². The number of anilines is 1. The molecule has 2 N–H and O–H groups in total. The molecule has 80 valence electrons. The molecule has 1 aromatic heterocycles. The van der Waals surface area contributed by atoms with Crippen LogP contribution in [-0.2, 0) is 9.47 Å². The molecule has 0 aliphatic heterocycles. The van der Waals surface area contributed by atoms with Crippen LogP contribution in [0.4, 0.5) is 5.82 Å². The van der Waals surface area contributed by atoms with Crippen molar-refractivity contribution in [1.29, 1.82) is 0 Å². The number of carbonyl (C=O) groups is 1. The summed E-state index contributed by atoms with van der Waals surface area (Å²) in [7, 11) is 2.76. The molecule has 1 aromatic rings. The standard InChI is InChI=1S/C9H11N3O3/c1-14-4-3-6-5-11-7(8(10)12-6)9(13)15-2/h3-5H,1-2H3,(H2,10,12). The number of hydrogen-bond acceptors (Lipinski definition) is 6. The lowest BCUT2D eigenvalue weighted by Crippen LogP contribution is -2.10. The van der Waals surface area contributed by atoms with Crippen LogP contribution in [0.15, 0.2) is 12.5 Å². The zero-order chi connectivity index (χ0) is 11.3. The molecule has 0 saturated carbocycles. The van der Waals surface area contributed by atoms with Gasteiger partial charge < -0.3 is 15.2 Å². The molecule has 0 atom stereocenters. The highest BCUT2D eigenvalue weighted by atomic mass is 16.5. The molecular formula is C9H11N3O3. The van der Waals surface area contributed by atoms with Crippen LogP contribution >= 0.6 is 0 Å². The number of esters is 1. The van der Waals surface area contributed by atoms with Crippen molar-refractivity contribution in [3.63, 3.8) is 0 Å². The van der Waals surface area contributed by atoms with Crippen LogP contribution in [0.3, 0.4) is 0 Å². The molecule has 1 heterocycles. The summed E-state index contributed by atoms with van der Waals surface area (Å²) in [6.45, 7) is 0. The van der Waals surface area contributed by atoms with Gasteiger partial charge in [0.2, 0.25) is 0 Å². The lowest BCUT2D eigenvalue weighted by molar-refractivity contribution is 0.0595. The first-order chi connectivity index (χ1) is 7.19. The van der Waals surface area contributed by atoms with Gasteiger partial charge in [0, 0.05) is 0 Å². The second-order valence-corrected chi connectivity index (χ2v) is 2.56. The number of methoxy groups -OCH3 is 2. The topological polar surface area (TPSA) is 87.3 Å². The highest BCUT2D eigenvalue weighted by Gasteiger charge is 2.12. The minimum Gasteiger partial charge on any atom is -0.504 e. The highest BCUT2D eigenvalue weighted by molar-refractivity contribution is 5.91. The number of nitrogens with two attached hydrogens (primary N) is 1. The summed E-state index contributed by atoms with van der Waals surface area (Å²) in [4.78, 5) is 18.9. The van der Waals surface area contributed by atoms with Crippen LogP contribution in [0.25, 0.3) is 6.08 Å². The lowest BCUT2D eigenvalue weighted by atomic mass is 10.3. The molecule has 0 aliphatic rings. The van der Waals surface area contributed by atoms with E-state index in [0.29, 0.717) is 5.69 Å². The van der Waals surface area contributed by atoms with Gasteiger partial charge in [-0.1, -0.05) is 0 Å². The molecule has 0 aromatic carbocycles. The summed E-state index contributed by atoms with van der Waals surface area (Å²) in [5.74, 6) is -0.581. The molecule has 15 heavy (non-hydrogen) atoms. The summed E-state index contributed by atoms with van der Waals surface area (Å²) >= 11 is 0. The number of aromatic nitrogens is 2. The van der Waals surface area contributed by atoms with Crippen molar-refractivity contribution in [1.82, 2.24) is 9.97 Å². The second kappa shape index (κ2) is 4.94. The maximum absolute atomic E-state index is 11.1. The van der Waals surface area contributed by atoms with Gasteiger partial charge in [0.1, 0.15) is 0 Å². The highest BCUT2D eigenvalue weighted by Crippen LogP contribution is 2.08.